The van der Waals surface area contributed by atoms with Crippen LogP contribution in [0.4, 0.5) is 10.1 Å². The van der Waals surface area contributed by atoms with Crippen molar-refractivity contribution >= 4 is 17.5 Å². The zero-order valence-electron chi connectivity index (χ0n) is 17.4. The molecule has 30 heavy (non-hydrogen) atoms. The molecule has 1 N–H and O–H groups in total. The van der Waals surface area contributed by atoms with Gasteiger partial charge < -0.3 is 15.0 Å². The summed E-state index contributed by atoms with van der Waals surface area (Å²) in [6.45, 7) is 8.10. The van der Waals surface area contributed by atoms with Gasteiger partial charge in [-0.2, -0.15) is 0 Å². The van der Waals surface area contributed by atoms with Gasteiger partial charge in [0, 0.05) is 32.7 Å². The number of para-hydroxylation sites is 2. The molecule has 0 unspecified atom stereocenters. The van der Waals surface area contributed by atoms with Crippen LogP contribution in [0, 0.1) is 11.7 Å². The number of halogens is 1. The first kappa shape index (κ1) is 21.8. The number of nitrogens with one attached hydrogen (secondary N) is 1. The van der Waals surface area contributed by atoms with E-state index in [-0.39, 0.29) is 18.2 Å². The molecule has 1 fully saturated rings. The maximum atomic E-state index is 13.7. The molecule has 2 amide bonds. The molecule has 160 valence electrons. The van der Waals surface area contributed by atoms with Crippen molar-refractivity contribution in [1.29, 1.82) is 0 Å². The molecule has 2 aromatic rings. The van der Waals surface area contributed by atoms with Crippen LogP contribution in [0.3, 0.4) is 0 Å². The Morgan fingerprint density at radius 1 is 1.03 bits per heavy atom. The summed E-state index contributed by atoms with van der Waals surface area (Å²) < 4.78 is 19.3. The predicted molar refractivity (Wildman–Crippen MR) is 114 cm³/mol. The second-order valence-electron chi connectivity index (χ2n) is 7.80. The molecule has 0 bridgehead atoms. The lowest BCUT2D eigenvalue weighted by Gasteiger charge is -2.35. The standard InChI is InChI=1S/C23H28FN3O3/c1-17(2)15-26-11-13-27(14-12-26)23(29)18-7-3-6-10-21(18)30-16-22(28)25-20-9-5-4-8-19(20)24/h3-10,17H,11-16H2,1-2H3,(H,25,28). The van der Waals surface area contributed by atoms with Gasteiger partial charge in [-0.05, 0) is 30.2 Å². The lowest BCUT2D eigenvalue weighted by molar-refractivity contribution is -0.118. The number of piperazine rings is 1. The van der Waals surface area contributed by atoms with Gasteiger partial charge >= 0.3 is 0 Å². The summed E-state index contributed by atoms with van der Waals surface area (Å²) in [7, 11) is 0. The fourth-order valence-electron chi connectivity index (χ4n) is 3.48. The lowest BCUT2D eigenvalue weighted by Crippen LogP contribution is -2.49. The normalized spacial score (nSPS) is 14.6. The van der Waals surface area contributed by atoms with Gasteiger partial charge in [0.1, 0.15) is 11.6 Å². The summed E-state index contributed by atoms with van der Waals surface area (Å²) >= 11 is 0. The van der Waals surface area contributed by atoms with E-state index in [0.717, 1.165) is 19.6 Å². The summed E-state index contributed by atoms with van der Waals surface area (Å²) in [5, 5.41) is 2.47. The van der Waals surface area contributed by atoms with Crippen molar-refractivity contribution in [3.05, 3.63) is 59.9 Å². The maximum absolute atomic E-state index is 13.7. The van der Waals surface area contributed by atoms with Gasteiger partial charge in [0.05, 0.1) is 11.3 Å². The van der Waals surface area contributed by atoms with Gasteiger partial charge in [0.2, 0.25) is 0 Å². The fourth-order valence-corrected chi connectivity index (χ4v) is 3.48. The van der Waals surface area contributed by atoms with Crippen molar-refractivity contribution in [2.75, 3.05) is 44.6 Å². The van der Waals surface area contributed by atoms with Gasteiger partial charge in [0.25, 0.3) is 11.8 Å². The van der Waals surface area contributed by atoms with Gasteiger partial charge in [0.15, 0.2) is 6.61 Å². The van der Waals surface area contributed by atoms with E-state index in [0.29, 0.717) is 30.3 Å². The van der Waals surface area contributed by atoms with E-state index in [2.05, 4.69) is 24.1 Å². The first-order chi connectivity index (χ1) is 14.4. The third kappa shape index (κ3) is 5.79. The fraction of sp³-hybridized carbons (Fsp3) is 0.391. The highest BCUT2D eigenvalue weighted by molar-refractivity contribution is 5.97. The molecule has 3 rings (SSSR count). The number of carbonyl (C=O) groups excluding carboxylic acids is 2. The van der Waals surface area contributed by atoms with E-state index in [4.69, 9.17) is 4.74 Å². The van der Waals surface area contributed by atoms with E-state index in [1.54, 1.807) is 36.4 Å². The van der Waals surface area contributed by atoms with Crippen molar-refractivity contribution in [2.45, 2.75) is 13.8 Å². The summed E-state index contributed by atoms with van der Waals surface area (Å²) in [5.41, 5.74) is 0.517. The predicted octanol–water partition coefficient (Wildman–Crippen LogP) is 3.26. The van der Waals surface area contributed by atoms with E-state index in [1.807, 2.05) is 4.90 Å². The van der Waals surface area contributed by atoms with Crippen LogP contribution in [0.15, 0.2) is 48.5 Å². The highest BCUT2D eigenvalue weighted by atomic mass is 19.1. The topological polar surface area (TPSA) is 61.9 Å². The SMILES string of the molecule is CC(C)CN1CCN(C(=O)c2ccccc2OCC(=O)Nc2ccccc2F)CC1. The van der Waals surface area contributed by atoms with Crippen LogP contribution in [0.1, 0.15) is 24.2 Å². The smallest absolute Gasteiger partial charge is 0.262 e. The number of hydrogen-bond donors (Lipinski definition) is 1. The second-order valence-corrected chi connectivity index (χ2v) is 7.80. The maximum Gasteiger partial charge on any atom is 0.262 e. The molecule has 0 radical (unpaired) electrons. The molecule has 0 saturated carbocycles. The molecule has 2 aromatic carbocycles. The van der Waals surface area contributed by atoms with E-state index < -0.39 is 11.7 Å². The minimum absolute atomic E-state index is 0.0923. The quantitative estimate of drug-likeness (QED) is 0.757. The Bertz CT molecular complexity index is 880. The summed E-state index contributed by atoms with van der Waals surface area (Å²) in [4.78, 5) is 29.3. The van der Waals surface area contributed by atoms with Gasteiger partial charge in [-0.25, -0.2) is 4.39 Å². The van der Waals surface area contributed by atoms with E-state index >= 15 is 0 Å². The number of amides is 2. The largest absolute Gasteiger partial charge is 0.483 e. The molecular weight excluding hydrogens is 385 g/mol. The average Bonchev–Trinajstić information content (AvgIpc) is 2.74. The third-order valence-electron chi connectivity index (χ3n) is 4.91. The van der Waals surface area contributed by atoms with Crippen LogP contribution >= 0.6 is 0 Å². The average molecular weight is 413 g/mol. The Morgan fingerprint density at radius 2 is 1.70 bits per heavy atom. The zero-order valence-corrected chi connectivity index (χ0v) is 17.4. The number of ether oxygens (including phenoxy) is 1. The Balaban J connectivity index is 1.58. The Labute approximate surface area is 176 Å². The first-order valence-corrected chi connectivity index (χ1v) is 10.2. The van der Waals surface area contributed by atoms with Crippen LogP contribution < -0.4 is 10.1 Å². The summed E-state index contributed by atoms with van der Waals surface area (Å²) in [5.74, 6) is -0.181. The monoisotopic (exact) mass is 413 g/mol. The number of hydrogen-bond acceptors (Lipinski definition) is 4. The Morgan fingerprint density at radius 3 is 2.40 bits per heavy atom. The molecular formula is C23H28FN3O3. The van der Waals surface area contributed by atoms with E-state index in [1.165, 1.54) is 12.1 Å². The van der Waals surface area contributed by atoms with Crippen LogP contribution in [0.25, 0.3) is 0 Å². The summed E-state index contributed by atoms with van der Waals surface area (Å²) in [6, 6.07) is 12.8. The highest BCUT2D eigenvalue weighted by Gasteiger charge is 2.24. The molecule has 0 spiro atoms. The van der Waals surface area contributed by atoms with Crippen LogP contribution in [0.2, 0.25) is 0 Å². The van der Waals surface area contributed by atoms with Crippen molar-refractivity contribution in [1.82, 2.24) is 9.80 Å². The minimum Gasteiger partial charge on any atom is -0.483 e. The number of anilines is 1. The van der Waals surface area contributed by atoms with Crippen molar-refractivity contribution in [3.8, 4) is 5.75 Å². The van der Waals surface area contributed by atoms with Crippen LogP contribution in [-0.4, -0.2) is 60.9 Å². The zero-order chi connectivity index (χ0) is 21.5. The molecule has 7 heteroatoms. The molecule has 0 aromatic heterocycles. The number of carbonyl (C=O) groups is 2. The van der Waals surface area contributed by atoms with Crippen molar-refractivity contribution in [3.63, 3.8) is 0 Å². The molecule has 6 nitrogen and oxygen atoms in total. The summed E-state index contributed by atoms with van der Waals surface area (Å²) in [6.07, 6.45) is 0. The Hall–Kier alpha value is -2.93. The molecule has 0 aliphatic carbocycles. The lowest BCUT2D eigenvalue weighted by atomic mass is 10.1. The minimum atomic E-state index is -0.516. The number of nitrogens with zero attached hydrogens (tertiary/aromatic N) is 2. The van der Waals surface area contributed by atoms with Crippen molar-refractivity contribution in [2.24, 2.45) is 5.92 Å². The van der Waals surface area contributed by atoms with Gasteiger partial charge in [-0.15, -0.1) is 0 Å². The molecule has 0 atom stereocenters. The molecule has 1 aliphatic rings. The Kier molecular flexibility index (Phi) is 7.41. The van der Waals surface area contributed by atoms with Crippen LogP contribution in [-0.2, 0) is 4.79 Å². The van der Waals surface area contributed by atoms with Crippen LogP contribution in [0.5, 0.6) is 5.75 Å². The number of rotatable bonds is 7. The van der Waals surface area contributed by atoms with Crippen molar-refractivity contribution < 1.29 is 18.7 Å². The molecule has 1 saturated heterocycles. The number of benzene rings is 2. The molecule has 1 aliphatic heterocycles. The first-order valence-electron chi connectivity index (χ1n) is 10.2. The second kappa shape index (κ2) is 10.2. The third-order valence-corrected chi connectivity index (χ3v) is 4.91. The van der Waals surface area contributed by atoms with Gasteiger partial charge in [-0.3, -0.25) is 14.5 Å². The van der Waals surface area contributed by atoms with E-state index in [9.17, 15) is 14.0 Å². The molecule has 1 heterocycles. The highest BCUT2D eigenvalue weighted by Crippen LogP contribution is 2.21. The van der Waals surface area contributed by atoms with Gasteiger partial charge in [-0.1, -0.05) is 38.1 Å².